The number of nitrogens with one attached hydrogen (secondary N) is 1. The topological polar surface area (TPSA) is 66.5 Å². The fourth-order valence-corrected chi connectivity index (χ4v) is 3.59. The summed E-state index contributed by atoms with van der Waals surface area (Å²) < 4.78 is 22.5. The van der Waals surface area contributed by atoms with Gasteiger partial charge in [0.25, 0.3) is 0 Å². The van der Waals surface area contributed by atoms with Crippen molar-refractivity contribution in [3.8, 4) is 0 Å². The first-order valence-electron chi connectivity index (χ1n) is 6.61. The van der Waals surface area contributed by atoms with Gasteiger partial charge in [0.1, 0.15) is 9.84 Å². The maximum Gasteiger partial charge on any atom is 0.223 e. The largest absolute Gasteiger partial charge is 0.382 e. The molecule has 1 aliphatic rings. The molecule has 110 valence electrons. The van der Waals surface area contributed by atoms with Gasteiger partial charge in [-0.15, -0.1) is 0 Å². The van der Waals surface area contributed by atoms with E-state index in [2.05, 4.69) is 5.32 Å². The Morgan fingerprint density at radius 1 is 1.45 bits per heavy atom. The monoisotopic (exact) mass is 296 g/mol. The second-order valence-electron chi connectivity index (χ2n) is 5.40. The van der Waals surface area contributed by atoms with Gasteiger partial charge in [-0.3, -0.25) is 4.79 Å². The van der Waals surface area contributed by atoms with Crippen LogP contribution in [-0.2, 0) is 21.1 Å². The fourth-order valence-electron chi connectivity index (χ4n) is 2.60. The molecule has 0 spiro atoms. The van der Waals surface area contributed by atoms with Crippen molar-refractivity contribution in [1.82, 2.24) is 0 Å². The summed E-state index contributed by atoms with van der Waals surface area (Å²) in [5.41, 5.74) is 2.97. The molecule has 1 unspecified atom stereocenters. The lowest BCUT2D eigenvalue weighted by atomic mass is 10.1. The third-order valence-electron chi connectivity index (χ3n) is 3.32. The number of fused-ring (bicyclic) bond motifs is 1. The van der Waals surface area contributed by atoms with Crippen molar-refractivity contribution in [3.63, 3.8) is 0 Å². The van der Waals surface area contributed by atoms with Crippen molar-refractivity contribution in [2.24, 2.45) is 0 Å². The molecular formula is C14H20N2O3S. The van der Waals surface area contributed by atoms with Crippen LogP contribution in [0.3, 0.4) is 0 Å². The molecule has 0 fully saturated rings. The zero-order chi connectivity index (χ0) is 14.9. The molecule has 1 aromatic rings. The molecule has 2 rings (SSSR count). The summed E-state index contributed by atoms with van der Waals surface area (Å²) in [5, 5.41) is 3.19. The Labute approximate surface area is 119 Å². The van der Waals surface area contributed by atoms with E-state index in [1.807, 2.05) is 25.1 Å². The second-order valence-corrected chi connectivity index (χ2v) is 7.59. The third kappa shape index (κ3) is 3.50. The molecule has 0 saturated carbocycles. The van der Waals surface area contributed by atoms with Crippen LogP contribution in [0.25, 0.3) is 0 Å². The van der Waals surface area contributed by atoms with Crippen LogP contribution in [0.1, 0.15) is 19.4 Å². The highest BCUT2D eigenvalue weighted by atomic mass is 32.2. The molecule has 1 N–H and O–H groups in total. The summed E-state index contributed by atoms with van der Waals surface area (Å²) in [7, 11) is -2.99. The highest BCUT2D eigenvalue weighted by Gasteiger charge is 2.22. The van der Waals surface area contributed by atoms with E-state index in [1.54, 1.807) is 11.8 Å². The van der Waals surface area contributed by atoms with Crippen molar-refractivity contribution in [2.45, 2.75) is 26.3 Å². The van der Waals surface area contributed by atoms with Gasteiger partial charge in [-0.1, -0.05) is 0 Å². The minimum absolute atomic E-state index is 0.0508. The average Bonchev–Trinajstić information content (AvgIpc) is 2.68. The van der Waals surface area contributed by atoms with E-state index in [-0.39, 0.29) is 17.7 Å². The van der Waals surface area contributed by atoms with Gasteiger partial charge in [0.05, 0.1) is 5.75 Å². The molecule has 0 aromatic heterocycles. The Balaban J connectivity index is 2.11. The van der Waals surface area contributed by atoms with Crippen molar-refractivity contribution in [1.29, 1.82) is 0 Å². The maximum absolute atomic E-state index is 11.5. The minimum atomic E-state index is -2.99. The predicted molar refractivity (Wildman–Crippen MR) is 81.0 cm³/mol. The van der Waals surface area contributed by atoms with E-state index >= 15 is 0 Å². The summed E-state index contributed by atoms with van der Waals surface area (Å²) in [5.74, 6) is 0.152. The van der Waals surface area contributed by atoms with E-state index in [1.165, 1.54) is 6.26 Å². The molecule has 6 heteroatoms. The van der Waals surface area contributed by atoms with E-state index < -0.39 is 9.84 Å². The molecule has 1 heterocycles. The van der Waals surface area contributed by atoms with Crippen LogP contribution in [0.4, 0.5) is 11.4 Å². The maximum atomic E-state index is 11.5. The normalized spacial score (nSPS) is 15.8. The lowest BCUT2D eigenvalue weighted by molar-refractivity contribution is -0.116. The number of rotatable bonds is 4. The van der Waals surface area contributed by atoms with Gasteiger partial charge in [-0.2, -0.15) is 0 Å². The van der Waals surface area contributed by atoms with Crippen molar-refractivity contribution < 1.29 is 13.2 Å². The van der Waals surface area contributed by atoms with Gasteiger partial charge in [0.15, 0.2) is 0 Å². The number of carbonyl (C=O) groups is 1. The van der Waals surface area contributed by atoms with Crippen LogP contribution in [0.5, 0.6) is 0 Å². The van der Waals surface area contributed by atoms with Crippen molar-refractivity contribution in [2.75, 3.05) is 28.8 Å². The summed E-state index contributed by atoms with van der Waals surface area (Å²) in [6.45, 7) is 4.12. The van der Waals surface area contributed by atoms with E-state index in [4.69, 9.17) is 0 Å². The van der Waals surface area contributed by atoms with Crippen LogP contribution in [0.2, 0.25) is 0 Å². The zero-order valence-electron chi connectivity index (χ0n) is 12.0. The first kappa shape index (κ1) is 14.8. The second kappa shape index (κ2) is 5.44. The van der Waals surface area contributed by atoms with Gasteiger partial charge < -0.3 is 10.2 Å². The fraction of sp³-hybridized carbons (Fsp3) is 0.500. The number of carbonyl (C=O) groups excluding carboxylic acids is 1. The van der Waals surface area contributed by atoms with E-state index in [0.29, 0.717) is 6.54 Å². The highest BCUT2D eigenvalue weighted by Crippen LogP contribution is 2.30. The van der Waals surface area contributed by atoms with Gasteiger partial charge in [-0.25, -0.2) is 8.42 Å². The molecule has 1 aromatic carbocycles. The van der Waals surface area contributed by atoms with Gasteiger partial charge in [-0.05, 0) is 37.1 Å². The van der Waals surface area contributed by atoms with Crippen molar-refractivity contribution >= 4 is 27.1 Å². The van der Waals surface area contributed by atoms with Crippen LogP contribution in [-0.4, -0.2) is 38.9 Å². The number of amides is 1. The van der Waals surface area contributed by atoms with E-state index in [9.17, 15) is 13.2 Å². The number of benzene rings is 1. The molecule has 0 aliphatic carbocycles. The first-order valence-corrected chi connectivity index (χ1v) is 8.67. The van der Waals surface area contributed by atoms with E-state index in [0.717, 1.165) is 23.4 Å². The third-order valence-corrected chi connectivity index (χ3v) is 4.43. The summed E-state index contributed by atoms with van der Waals surface area (Å²) in [4.78, 5) is 13.2. The number of anilines is 2. The molecule has 5 nitrogen and oxygen atoms in total. The smallest absolute Gasteiger partial charge is 0.223 e. The van der Waals surface area contributed by atoms with Crippen molar-refractivity contribution in [3.05, 3.63) is 23.8 Å². The van der Waals surface area contributed by atoms with Gasteiger partial charge >= 0.3 is 0 Å². The predicted octanol–water partition coefficient (Wildman–Crippen LogP) is 1.44. The van der Waals surface area contributed by atoms with Crippen LogP contribution < -0.4 is 10.2 Å². The van der Waals surface area contributed by atoms with Gasteiger partial charge in [0.2, 0.25) is 5.91 Å². The Bertz CT molecular complexity index is 625. The Hall–Kier alpha value is -1.56. The lowest BCUT2D eigenvalue weighted by Crippen LogP contribution is -2.26. The summed E-state index contributed by atoms with van der Waals surface area (Å²) in [6.07, 6.45) is 2.07. The number of hydrogen-bond acceptors (Lipinski definition) is 4. The average molecular weight is 296 g/mol. The Kier molecular flexibility index (Phi) is 4.04. The Morgan fingerprint density at radius 2 is 2.15 bits per heavy atom. The molecule has 1 aliphatic heterocycles. The molecule has 0 radical (unpaired) electrons. The van der Waals surface area contributed by atoms with Crippen LogP contribution in [0.15, 0.2) is 18.2 Å². The van der Waals surface area contributed by atoms with Gasteiger partial charge in [0, 0.05) is 37.1 Å². The lowest BCUT2D eigenvalue weighted by Gasteiger charge is -2.17. The number of hydrogen-bond donors (Lipinski definition) is 1. The summed E-state index contributed by atoms with van der Waals surface area (Å²) >= 11 is 0. The number of nitrogens with zero attached hydrogens (tertiary/aromatic N) is 1. The standard InChI is InChI=1S/C14H20N2O3S/c1-10(9-20(3,18)19)15-13-4-5-14-12(8-13)6-7-16(14)11(2)17/h4-5,8,10,15H,6-7,9H2,1-3H3. The molecular weight excluding hydrogens is 276 g/mol. The van der Waals surface area contributed by atoms with Crippen LogP contribution in [0, 0.1) is 0 Å². The molecule has 20 heavy (non-hydrogen) atoms. The molecule has 1 amide bonds. The SMILES string of the molecule is CC(=O)N1CCc2cc(NC(C)CS(C)(=O)=O)ccc21. The molecule has 1 atom stereocenters. The number of sulfone groups is 1. The first-order chi connectivity index (χ1) is 9.26. The highest BCUT2D eigenvalue weighted by molar-refractivity contribution is 7.90. The quantitative estimate of drug-likeness (QED) is 0.913. The zero-order valence-corrected chi connectivity index (χ0v) is 12.8. The summed E-state index contributed by atoms with van der Waals surface area (Å²) in [6, 6.07) is 5.66. The molecule has 0 saturated heterocycles. The Morgan fingerprint density at radius 3 is 2.75 bits per heavy atom. The minimum Gasteiger partial charge on any atom is -0.382 e. The molecule has 0 bridgehead atoms. The van der Waals surface area contributed by atoms with Crippen LogP contribution >= 0.6 is 0 Å².